The zero-order valence-electron chi connectivity index (χ0n) is 17.6. The fraction of sp³-hybridized carbons (Fsp3) is 0.409. The molecule has 2 aromatic rings. The topological polar surface area (TPSA) is 91.7 Å². The molecule has 1 fully saturated rings. The lowest BCUT2D eigenvalue weighted by Crippen LogP contribution is -2.48. The zero-order chi connectivity index (χ0) is 22.0. The summed E-state index contributed by atoms with van der Waals surface area (Å²) in [5, 5.41) is 10.4. The first-order valence-corrected chi connectivity index (χ1v) is 11.8. The van der Waals surface area contributed by atoms with E-state index in [0.29, 0.717) is 38.5 Å². The van der Waals surface area contributed by atoms with Crippen LogP contribution in [0.3, 0.4) is 0 Å². The Bertz CT molecular complexity index is 1050. The van der Waals surface area contributed by atoms with Gasteiger partial charge in [-0.15, -0.1) is 0 Å². The van der Waals surface area contributed by atoms with Crippen LogP contribution in [0.5, 0.6) is 11.5 Å². The average molecular weight is 446 g/mol. The predicted molar refractivity (Wildman–Crippen MR) is 118 cm³/mol. The zero-order valence-corrected chi connectivity index (χ0v) is 18.5. The van der Waals surface area contributed by atoms with Gasteiger partial charge in [0.05, 0.1) is 11.0 Å². The molecule has 0 spiro atoms. The summed E-state index contributed by atoms with van der Waals surface area (Å²) in [6.45, 7) is 6.09. The summed E-state index contributed by atoms with van der Waals surface area (Å²) in [5.41, 5.74) is 1.58. The SMILES string of the molecule is CC(C)Oc1ccc(S(=O)(=O)N2CCN(c3ccc(C4COC=N4)c(O)c3)CC2)cc1. The van der Waals surface area contributed by atoms with E-state index in [1.54, 1.807) is 30.3 Å². The number of sulfonamides is 1. The molecule has 2 heterocycles. The maximum Gasteiger partial charge on any atom is 0.243 e. The molecular weight excluding hydrogens is 418 g/mol. The molecule has 9 heteroatoms. The van der Waals surface area contributed by atoms with Gasteiger partial charge >= 0.3 is 0 Å². The minimum absolute atomic E-state index is 0.0308. The van der Waals surface area contributed by atoms with E-state index >= 15 is 0 Å². The fourth-order valence-corrected chi connectivity index (χ4v) is 5.19. The molecule has 0 aliphatic carbocycles. The molecular formula is C22H27N3O5S. The van der Waals surface area contributed by atoms with Crippen LogP contribution in [0, 0.1) is 0 Å². The van der Waals surface area contributed by atoms with Crippen LogP contribution in [-0.2, 0) is 14.8 Å². The van der Waals surface area contributed by atoms with Crippen molar-refractivity contribution in [3.63, 3.8) is 0 Å². The van der Waals surface area contributed by atoms with Crippen LogP contribution in [0.15, 0.2) is 52.4 Å². The van der Waals surface area contributed by atoms with Gasteiger partial charge in [-0.25, -0.2) is 13.4 Å². The summed E-state index contributed by atoms with van der Waals surface area (Å²) in [6, 6.07) is 11.9. The van der Waals surface area contributed by atoms with Gasteiger partial charge in [0.1, 0.15) is 24.1 Å². The molecule has 2 aliphatic rings. The third kappa shape index (κ3) is 4.62. The van der Waals surface area contributed by atoms with E-state index in [9.17, 15) is 13.5 Å². The average Bonchev–Trinajstić information content (AvgIpc) is 3.28. The summed E-state index contributed by atoms with van der Waals surface area (Å²) < 4.78 is 38.2. The molecule has 0 aromatic heterocycles. The molecule has 31 heavy (non-hydrogen) atoms. The van der Waals surface area contributed by atoms with Crippen molar-refractivity contribution in [2.24, 2.45) is 4.99 Å². The number of hydrogen-bond donors (Lipinski definition) is 1. The summed E-state index contributed by atoms with van der Waals surface area (Å²) in [5.74, 6) is 0.820. The third-order valence-electron chi connectivity index (χ3n) is 5.38. The minimum Gasteiger partial charge on any atom is -0.508 e. The van der Waals surface area contributed by atoms with Crippen LogP contribution in [-0.4, -0.2) is 63.1 Å². The van der Waals surface area contributed by atoms with Gasteiger partial charge in [-0.1, -0.05) is 6.07 Å². The third-order valence-corrected chi connectivity index (χ3v) is 7.29. The van der Waals surface area contributed by atoms with Crippen LogP contribution in [0.4, 0.5) is 5.69 Å². The highest BCUT2D eigenvalue weighted by Gasteiger charge is 2.29. The standard InChI is InChI=1S/C22H27N3O5S/c1-16(2)30-18-4-6-19(7-5-18)31(27,28)25-11-9-24(10-12-25)17-3-8-20(22(26)13-17)21-14-29-15-23-21/h3-8,13,15-16,21,26H,9-12,14H2,1-2H3. The molecule has 1 saturated heterocycles. The molecule has 2 aliphatic heterocycles. The number of aliphatic imine (C=N–C) groups is 1. The Balaban J connectivity index is 1.41. The van der Waals surface area contributed by atoms with Crippen molar-refractivity contribution in [1.29, 1.82) is 0 Å². The molecule has 0 saturated carbocycles. The second kappa shape index (κ2) is 8.76. The van der Waals surface area contributed by atoms with E-state index in [1.165, 1.54) is 10.7 Å². The lowest BCUT2D eigenvalue weighted by Gasteiger charge is -2.35. The van der Waals surface area contributed by atoms with Crippen molar-refractivity contribution in [2.75, 3.05) is 37.7 Å². The summed E-state index contributed by atoms with van der Waals surface area (Å²) >= 11 is 0. The van der Waals surface area contributed by atoms with Gasteiger partial charge < -0.3 is 19.5 Å². The van der Waals surface area contributed by atoms with Crippen LogP contribution >= 0.6 is 0 Å². The Kier molecular flexibility index (Phi) is 6.06. The normalized spacial score (nSPS) is 19.6. The number of aromatic hydroxyl groups is 1. The highest BCUT2D eigenvalue weighted by atomic mass is 32.2. The number of rotatable bonds is 6. The van der Waals surface area contributed by atoms with Crippen LogP contribution in [0.25, 0.3) is 0 Å². The predicted octanol–water partition coefficient (Wildman–Crippen LogP) is 2.79. The highest BCUT2D eigenvalue weighted by molar-refractivity contribution is 7.89. The number of nitrogens with zero attached hydrogens (tertiary/aromatic N) is 3. The van der Waals surface area contributed by atoms with Gasteiger partial charge in [0, 0.05) is 43.5 Å². The second-order valence-corrected chi connectivity index (χ2v) is 9.81. The molecule has 0 bridgehead atoms. The second-order valence-electron chi connectivity index (χ2n) is 7.88. The quantitative estimate of drug-likeness (QED) is 0.735. The van der Waals surface area contributed by atoms with Crippen molar-refractivity contribution in [2.45, 2.75) is 30.9 Å². The summed E-state index contributed by atoms with van der Waals surface area (Å²) in [6.07, 6.45) is 1.44. The van der Waals surface area contributed by atoms with E-state index in [-0.39, 0.29) is 22.8 Å². The molecule has 4 rings (SSSR count). The first kappa shape index (κ1) is 21.5. The Morgan fingerprint density at radius 3 is 2.39 bits per heavy atom. The first-order chi connectivity index (χ1) is 14.8. The molecule has 166 valence electrons. The van der Waals surface area contributed by atoms with Gasteiger partial charge in [0.2, 0.25) is 10.0 Å². The van der Waals surface area contributed by atoms with E-state index in [4.69, 9.17) is 9.47 Å². The van der Waals surface area contributed by atoms with Crippen molar-refractivity contribution in [1.82, 2.24) is 4.31 Å². The Labute approximate surface area is 182 Å². The van der Waals surface area contributed by atoms with Crippen molar-refractivity contribution < 1.29 is 23.0 Å². The molecule has 1 N–H and O–H groups in total. The minimum atomic E-state index is -3.57. The van der Waals surface area contributed by atoms with Crippen LogP contribution in [0.1, 0.15) is 25.5 Å². The van der Waals surface area contributed by atoms with Gasteiger partial charge in [-0.3, -0.25) is 0 Å². The van der Waals surface area contributed by atoms with E-state index in [0.717, 1.165) is 11.3 Å². The fourth-order valence-electron chi connectivity index (χ4n) is 3.77. The Morgan fingerprint density at radius 1 is 1.10 bits per heavy atom. The largest absolute Gasteiger partial charge is 0.508 e. The molecule has 1 atom stereocenters. The van der Waals surface area contributed by atoms with Gasteiger partial charge in [0.25, 0.3) is 0 Å². The molecule has 2 aromatic carbocycles. The molecule has 0 radical (unpaired) electrons. The molecule has 8 nitrogen and oxygen atoms in total. The van der Waals surface area contributed by atoms with Gasteiger partial charge in [-0.05, 0) is 44.2 Å². The van der Waals surface area contributed by atoms with E-state index < -0.39 is 10.0 Å². The smallest absolute Gasteiger partial charge is 0.243 e. The summed E-state index contributed by atoms with van der Waals surface area (Å²) in [4.78, 5) is 6.53. The van der Waals surface area contributed by atoms with Gasteiger partial charge in [0.15, 0.2) is 6.40 Å². The van der Waals surface area contributed by atoms with E-state index in [2.05, 4.69) is 9.89 Å². The number of phenolic OH excluding ortho intramolecular Hbond substituents is 1. The number of benzene rings is 2. The number of anilines is 1. The number of phenols is 1. The van der Waals surface area contributed by atoms with Crippen LogP contribution in [0.2, 0.25) is 0 Å². The van der Waals surface area contributed by atoms with Gasteiger partial charge in [-0.2, -0.15) is 4.31 Å². The monoisotopic (exact) mass is 445 g/mol. The number of hydrogen-bond acceptors (Lipinski definition) is 7. The highest BCUT2D eigenvalue weighted by Crippen LogP contribution is 2.33. The van der Waals surface area contributed by atoms with Crippen molar-refractivity contribution >= 4 is 22.1 Å². The molecule has 0 amide bonds. The lowest BCUT2D eigenvalue weighted by atomic mass is 10.1. The number of ether oxygens (including phenoxy) is 2. The summed E-state index contributed by atoms with van der Waals surface area (Å²) in [7, 11) is -3.57. The lowest BCUT2D eigenvalue weighted by molar-refractivity contribution is 0.242. The Hall–Kier alpha value is -2.78. The Morgan fingerprint density at radius 2 is 1.81 bits per heavy atom. The van der Waals surface area contributed by atoms with E-state index in [1.807, 2.05) is 26.0 Å². The number of piperazine rings is 1. The maximum atomic E-state index is 13.0. The maximum absolute atomic E-state index is 13.0. The van der Waals surface area contributed by atoms with Crippen molar-refractivity contribution in [3.05, 3.63) is 48.0 Å². The first-order valence-electron chi connectivity index (χ1n) is 10.3. The van der Waals surface area contributed by atoms with Crippen molar-refractivity contribution in [3.8, 4) is 11.5 Å². The van der Waals surface area contributed by atoms with Crippen LogP contribution < -0.4 is 9.64 Å². The molecule has 1 unspecified atom stereocenters.